The molecule has 1 aliphatic rings. The minimum Gasteiger partial charge on any atom is -0.478 e. The number of carboxylic acid groups (broad SMARTS) is 1. The first kappa shape index (κ1) is 16.3. The molecule has 3 rings (SSSR count). The number of hydrogen-bond acceptors (Lipinski definition) is 1. The summed E-state index contributed by atoms with van der Waals surface area (Å²) < 4.78 is 0. The summed E-state index contributed by atoms with van der Waals surface area (Å²) in [5, 5.41) is 11.0. The third kappa shape index (κ3) is 3.21. The molecule has 0 aromatic heterocycles. The van der Waals surface area contributed by atoms with Crippen LogP contribution in [0.2, 0.25) is 0 Å². The van der Waals surface area contributed by atoms with Crippen LogP contribution in [0.5, 0.6) is 0 Å². The predicted octanol–water partition coefficient (Wildman–Crippen LogP) is 5.42. The van der Waals surface area contributed by atoms with Gasteiger partial charge in [-0.3, -0.25) is 0 Å². The molecule has 2 heteroatoms. The summed E-state index contributed by atoms with van der Waals surface area (Å²) >= 11 is 0. The molecule has 0 radical (unpaired) electrons. The molecule has 24 heavy (non-hydrogen) atoms. The molecule has 0 bridgehead atoms. The monoisotopic (exact) mass is 318 g/mol. The third-order valence-electron chi connectivity index (χ3n) is 4.88. The van der Waals surface area contributed by atoms with Gasteiger partial charge in [0.25, 0.3) is 0 Å². The minimum absolute atomic E-state index is 0.155. The normalized spacial score (nSPS) is 16.6. The van der Waals surface area contributed by atoms with Crippen LogP contribution in [0.15, 0.2) is 47.5 Å². The van der Waals surface area contributed by atoms with Crippen molar-refractivity contribution in [2.24, 2.45) is 5.41 Å². The molecule has 0 saturated carbocycles. The molecule has 0 atom stereocenters. The zero-order chi connectivity index (χ0) is 17.3. The van der Waals surface area contributed by atoms with Gasteiger partial charge in [0.1, 0.15) is 0 Å². The molecular weight excluding hydrogens is 296 g/mol. The van der Waals surface area contributed by atoms with Crippen LogP contribution in [0, 0.1) is 17.3 Å². The van der Waals surface area contributed by atoms with E-state index in [1.807, 2.05) is 24.3 Å². The van der Waals surface area contributed by atoms with E-state index in [9.17, 15) is 4.79 Å². The highest BCUT2D eigenvalue weighted by atomic mass is 16.4. The van der Waals surface area contributed by atoms with Gasteiger partial charge in [0.05, 0.1) is 5.56 Å². The number of hydrogen-bond donors (Lipinski definition) is 1. The summed E-state index contributed by atoms with van der Waals surface area (Å²) in [5.74, 6) is 5.81. The van der Waals surface area contributed by atoms with Crippen molar-refractivity contribution < 1.29 is 9.90 Å². The van der Waals surface area contributed by atoms with Crippen molar-refractivity contribution in [2.75, 3.05) is 0 Å². The van der Waals surface area contributed by atoms with Crippen LogP contribution in [0.1, 0.15) is 56.0 Å². The van der Waals surface area contributed by atoms with Gasteiger partial charge in [-0.05, 0) is 66.6 Å². The van der Waals surface area contributed by atoms with E-state index in [0.29, 0.717) is 5.56 Å². The lowest BCUT2D eigenvalue weighted by atomic mass is 9.73. The second-order valence-corrected chi connectivity index (χ2v) is 7.22. The Morgan fingerprint density at radius 3 is 2.50 bits per heavy atom. The first-order valence-electron chi connectivity index (χ1n) is 8.36. The molecule has 2 aromatic rings. The number of allylic oxidation sites excluding steroid dienone is 2. The molecule has 0 fully saturated rings. The Hall–Kier alpha value is -2.53. The van der Waals surface area contributed by atoms with E-state index in [1.54, 1.807) is 12.1 Å². The van der Waals surface area contributed by atoms with Gasteiger partial charge >= 0.3 is 5.97 Å². The van der Waals surface area contributed by atoms with E-state index in [1.165, 1.54) is 24.0 Å². The standard InChI is InChI=1S/C22H22O2/c1-15-5-4-12-22(2,3)20(15)11-7-16-6-8-18-14-19(21(23)24)10-9-17(18)13-16/h6,8-10,13-14H,4-5,12H2,1-3H3,(H,23,24). The van der Waals surface area contributed by atoms with Crippen molar-refractivity contribution >= 4 is 16.7 Å². The second kappa shape index (κ2) is 6.17. The molecule has 122 valence electrons. The highest BCUT2D eigenvalue weighted by Crippen LogP contribution is 2.39. The summed E-state index contributed by atoms with van der Waals surface area (Å²) in [7, 11) is 0. The Kier molecular flexibility index (Phi) is 4.20. The van der Waals surface area contributed by atoms with Crippen molar-refractivity contribution in [3.63, 3.8) is 0 Å². The van der Waals surface area contributed by atoms with Crippen LogP contribution in [0.4, 0.5) is 0 Å². The van der Waals surface area contributed by atoms with Crippen molar-refractivity contribution in [1.82, 2.24) is 0 Å². The number of benzene rings is 2. The fourth-order valence-corrected chi connectivity index (χ4v) is 3.49. The topological polar surface area (TPSA) is 37.3 Å². The lowest BCUT2D eigenvalue weighted by Gasteiger charge is -2.31. The molecule has 1 aliphatic carbocycles. The number of fused-ring (bicyclic) bond motifs is 1. The third-order valence-corrected chi connectivity index (χ3v) is 4.88. The quantitative estimate of drug-likeness (QED) is 0.713. The van der Waals surface area contributed by atoms with E-state index in [2.05, 4.69) is 32.6 Å². The highest BCUT2D eigenvalue weighted by molar-refractivity contribution is 5.94. The zero-order valence-corrected chi connectivity index (χ0v) is 14.4. The van der Waals surface area contributed by atoms with Gasteiger partial charge < -0.3 is 5.11 Å². The molecule has 0 heterocycles. The summed E-state index contributed by atoms with van der Waals surface area (Å²) in [6.45, 7) is 6.74. The maximum atomic E-state index is 11.1. The second-order valence-electron chi connectivity index (χ2n) is 7.22. The lowest BCUT2D eigenvalue weighted by molar-refractivity contribution is 0.0697. The van der Waals surface area contributed by atoms with E-state index >= 15 is 0 Å². The van der Waals surface area contributed by atoms with E-state index in [-0.39, 0.29) is 5.41 Å². The van der Waals surface area contributed by atoms with Gasteiger partial charge in [-0.25, -0.2) is 4.79 Å². The molecule has 1 N–H and O–H groups in total. The Morgan fingerprint density at radius 2 is 1.79 bits per heavy atom. The van der Waals surface area contributed by atoms with Crippen molar-refractivity contribution in [3.05, 3.63) is 58.7 Å². The fourth-order valence-electron chi connectivity index (χ4n) is 3.49. The van der Waals surface area contributed by atoms with Crippen LogP contribution in [-0.4, -0.2) is 11.1 Å². The fraction of sp³-hybridized carbons (Fsp3) is 0.318. The van der Waals surface area contributed by atoms with Gasteiger partial charge in [-0.15, -0.1) is 0 Å². The summed E-state index contributed by atoms with van der Waals surface area (Å²) in [4.78, 5) is 11.1. The van der Waals surface area contributed by atoms with E-state index in [0.717, 1.165) is 22.8 Å². The minimum atomic E-state index is -0.900. The smallest absolute Gasteiger partial charge is 0.335 e. The van der Waals surface area contributed by atoms with Gasteiger partial charge in [-0.1, -0.05) is 43.4 Å². The van der Waals surface area contributed by atoms with Crippen LogP contribution in [-0.2, 0) is 0 Å². The molecule has 0 spiro atoms. The number of carbonyl (C=O) groups is 1. The van der Waals surface area contributed by atoms with E-state index in [4.69, 9.17) is 5.11 Å². The zero-order valence-electron chi connectivity index (χ0n) is 14.4. The molecule has 0 saturated heterocycles. The first-order chi connectivity index (χ1) is 11.4. The average Bonchev–Trinajstić information content (AvgIpc) is 2.53. The summed E-state index contributed by atoms with van der Waals surface area (Å²) in [6, 6.07) is 11.1. The average molecular weight is 318 g/mol. The molecule has 0 unspecified atom stereocenters. The molecule has 0 amide bonds. The van der Waals surface area contributed by atoms with Crippen molar-refractivity contribution in [1.29, 1.82) is 0 Å². The Morgan fingerprint density at radius 1 is 1.08 bits per heavy atom. The maximum Gasteiger partial charge on any atom is 0.335 e. The van der Waals surface area contributed by atoms with Crippen LogP contribution in [0.25, 0.3) is 10.8 Å². The summed E-state index contributed by atoms with van der Waals surface area (Å²) in [6.07, 6.45) is 3.57. The van der Waals surface area contributed by atoms with Gasteiger partial charge in [0.2, 0.25) is 0 Å². The van der Waals surface area contributed by atoms with Gasteiger partial charge in [0.15, 0.2) is 0 Å². The van der Waals surface area contributed by atoms with Crippen molar-refractivity contribution in [3.8, 4) is 11.8 Å². The molecule has 2 aromatic carbocycles. The van der Waals surface area contributed by atoms with E-state index < -0.39 is 5.97 Å². The predicted molar refractivity (Wildman–Crippen MR) is 98.1 cm³/mol. The molecule has 0 aliphatic heterocycles. The first-order valence-corrected chi connectivity index (χ1v) is 8.36. The van der Waals surface area contributed by atoms with Crippen LogP contribution in [0.3, 0.4) is 0 Å². The molecular formula is C22H22O2. The molecule has 2 nitrogen and oxygen atoms in total. The van der Waals surface area contributed by atoms with Gasteiger partial charge in [-0.2, -0.15) is 0 Å². The summed E-state index contributed by atoms with van der Waals surface area (Å²) in [5.41, 5.74) is 4.11. The SMILES string of the molecule is CC1=C(C#Cc2ccc3cc(C(=O)O)ccc3c2)C(C)(C)CCC1. The maximum absolute atomic E-state index is 11.1. The largest absolute Gasteiger partial charge is 0.478 e. The number of aromatic carboxylic acids is 1. The van der Waals surface area contributed by atoms with Crippen molar-refractivity contribution in [2.45, 2.75) is 40.0 Å². The Balaban J connectivity index is 1.97. The lowest BCUT2D eigenvalue weighted by Crippen LogP contribution is -2.19. The Labute approximate surface area is 143 Å². The van der Waals surface area contributed by atoms with Crippen LogP contribution >= 0.6 is 0 Å². The Bertz CT molecular complexity index is 904. The number of rotatable bonds is 1. The number of carboxylic acids is 1. The van der Waals surface area contributed by atoms with Gasteiger partial charge in [0, 0.05) is 11.1 Å². The highest BCUT2D eigenvalue weighted by Gasteiger charge is 2.27. The van der Waals surface area contributed by atoms with Crippen LogP contribution < -0.4 is 0 Å².